The predicted molar refractivity (Wildman–Crippen MR) is 93.5 cm³/mol. The molecule has 3 rings (SSSR count). The highest BCUT2D eigenvalue weighted by atomic mass is 16.4. The molecule has 1 aliphatic carbocycles. The second kappa shape index (κ2) is 6.87. The lowest BCUT2D eigenvalue weighted by Gasteiger charge is -2.16. The zero-order valence-electron chi connectivity index (χ0n) is 13.7. The molecular weight excluding hydrogens is 302 g/mol. The number of amides is 1. The van der Waals surface area contributed by atoms with E-state index < -0.39 is 11.9 Å². The van der Waals surface area contributed by atoms with Gasteiger partial charge in [-0.1, -0.05) is 18.2 Å². The minimum atomic E-state index is -0.881. The fraction of sp³-hybridized carbons (Fsp3) is 0.300. The molecule has 0 fully saturated rings. The maximum atomic E-state index is 12.5. The third-order valence-electron chi connectivity index (χ3n) is 4.63. The number of hydrogen-bond donors (Lipinski definition) is 2. The number of rotatable bonds is 4. The summed E-state index contributed by atoms with van der Waals surface area (Å²) in [5.41, 5.74) is 4.54. The Morgan fingerprint density at radius 1 is 1.04 bits per heavy atom. The van der Waals surface area contributed by atoms with Gasteiger partial charge in [-0.2, -0.15) is 0 Å². The first-order valence-corrected chi connectivity index (χ1v) is 8.30. The Labute approximate surface area is 141 Å². The summed E-state index contributed by atoms with van der Waals surface area (Å²) in [6.07, 6.45) is 4.51. The number of aryl methyl sites for hydroxylation is 2. The van der Waals surface area contributed by atoms with E-state index in [0.717, 1.165) is 12.8 Å². The van der Waals surface area contributed by atoms with Gasteiger partial charge in [-0.3, -0.25) is 9.59 Å². The van der Waals surface area contributed by atoms with Crippen molar-refractivity contribution in [1.29, 1.82) is 0 Å². The van der Waals surface area contributed by atoms with E-state index in [0.29, 0.717) is 16.8 Å². The van der Waals surface area contributed by atoms with Crippen molar-refractivity contribution in [2.45, 2.75) is 38.5 Å². The molecule has 0 radical (unpaired) electrons. The smallest absolute Gasteiger partial charge is 0.310 e. The highest BCUT2D eigenvalue weighted by Crippen LogP contribution is 2.23. The van der Waals surface area contributed by atoms with Crippen molar-refractivity contribution >= 4 is 17.6 Å². The first kappa shape index (κ1) is 16.2. The van der Waals surface area contributed by atoms with Crippen molar-refractivity contribution in [1.82, 2.24) is 0 Å². The van der Waals surface area contributed by atoms with Crippen molar-refractivity contribution in [2.75, 3.05) is 5.32 Å². The summed E-state index contributed by atoms with van der Waals surface area (Å²) in [6.45, 7) is 1.63. The van der Waals surface area contributed by atoms with Gasteiger partial charge in [-0.05, 0) is 73.6 Å². The minimum absolute atomic E-state index is 0.163. The number of carbonyl (C=O) groups excluding carboxylic acids is 1. The minimum Gasteiger partial charge on any atom is -0.481 e. The van der Waals surface area contributed by atoms with E-state index in [1.807, 2.05) is 18.2 Å². The molecule has 0 bridgehead atoms. The molecule has 0 saturated carbocycles. The molecule has 24 heavy (non-hydrogen) atoms. The molecule has 1 aliphatic rings. The van der Waals surface area contributed by atoms with Crippen LogP contribution >= 0.6 is 0 Å². The standard InChI is InChI=1S/C20H21NO3/c1-13(20(23)24)15-7-4-8-18(12-15)21-19(22)17-10-9-14-5-2-3-6-16(14)11-17/h4,7-13H,2-3,5-6H2,1H3,(H,21,22)(H,23,24). The molecule has 2 aromatic rings. The Morgan fingerprint density at radius 3 is 2.54 bits per heavy atom. The number of anilines is 1. The van der Waals surface area contributed by atoms with Crippen LogP contribution < -0.4 is 5.32 Å². The van der Waals surface area contributed by atoms with Crippen LogP contribution in [-0.2, 0) is 17.6 Å². The lowest BCUT2D eigenvalue weighted by Crippen LogP contribution is -2.14. The molecule has 124 valence electrons. The summed E-state index contributed by atoms with van der Waals surface area (Å²) >= 11 is 0. The van der Waals surface area contributed by atoms with Crippen LogP contribution in [0.25, 0.3) is 0 Å². The summed E-state index contributed by atoms with van der Waals surface area (Å²) in [5, 5.41) is 12.0. The Bertz CT molecular complexity index is 782. The number of nitrogens with one attached hydrogen (secondary N) is 1. The average Bonchev–Trinajstić information content (AvgIpc) is 2.60. The molecule has 1 amide bonds. The zero-order valence-corrected chi connectivity index (χ0v) is 13.7. The number of carboxylic acid groups (broad SMARTS) is 1. The van der Waals surface area contributed by atoms with Crippen molar-refractivity contribution in [3.8, 4) is 0 Å². The van der Waals surface area contributed by atoms with Crippen LogP contribution in [0.3, 0.4) is 0 Å². The zero-order chi connectivity index (χ0) is 17.1. The van der Waals surface area contributed by atoms with E-state index in [-0.39, 0.29) is 5.91 Å². The van der Waals surface area contributed by atoms with Crippen molar-refractivity contribution < 1.29 is 14.7 Å². The average molecular weight is 323 g/mol. The molecule has 2 N–H and O–H groups in total. The van der Waals surface area contributed by atoms with Crippen LogP contribution in [0.1, 0.15) is 52.7 Å². The third-order valence-corrected chi connectivity index (χ3v) is 4.63. The van der Waals surface area contributed by atoms with Gasteiger partial charge in [0.2, 0.25) is 0 Å². The van der Waals surface area contributed by atoms with E-state index in [1.54, 1.807) is 31.2 Å². The summed E-state index contributed by atoms with van der Waals surface area (Å²) in [5.74, 6) is -1.65. The van der Waals surface area contributed by atoms with Gasteiger partial charge in [0.05, 0.1) is 5.92 Å². The van der Waals surface area contributed by atoms with Gasteiger partial charge in [-0.25, -0.2) is 0 Å². The van der Waals surface area contributed by atoms with Crippen LogP contribution in [0, 0.1) is 0 Å². The number of carbonyl (C=O) groups is 2. The lowest BCUT2D eigenvalue weighted by molar-refractivity contribution is -0.138. The van der Waals surface area contributed by atoms with E-state index in [1.165, 1.54) is 24.0 Å². The number of hydrogen-bond acceptors (Lipinski definition) is 2. The molecule has 0 heterocycles. The Hall–Kier alpha value is -2.62. The molecule has 0 aromatic heterocycles. The van der Waals surface area contributed by atoms with Gasteiger partial charge < -0.3 is 10.4 Å². The first-order chi connectivity index (χ1) is 11.5. The highest BCUT2D eigenvalue weighted by Gasteiger charge is 2.16. The van der Waals surface area contributed by atoms with Crippen molar-refractivity contribution in [3.63, 3.8) is 0 Å². The van der Waals surface area contributed by atoms with E-state index >= 15 is 0 Å². The fourth-order valence-corrected chi connectivity index (χ4v) is 3.11. The predicted octanol–water partition coefficient (Wildman–Crippen LogP) is 4.01. The summed E-state index contributed by atoms with van der Waals surface area (Å²) in [4.78, 5) is 23.6. The third kappa shape index (κ3) is 3.48. The van der Waals surface area contributed by atoms with E-state index in [2.05, 4.69) is 5.32 Å². The normalized spacial score (nSPS) is 14.5. The molecule has 4 nitrogen and oxygen atoms in total. The second-order valence-corrected chi connectivity index (χ2v) is 6.33. The van der Waals surface area contributed by atoms with Gasteiger partial charge in [-0.15, -0.1) is 0 Å². The van der Waals surface area contributed by atoms with Crippen LogP contribution in [0.5, 0.6) is 0 Å². The SMILES string of the molecule is CC(C(=O)O)c1cccc(NC(=O)c2ccc3c(c2)CCCC3)c1. The maximum Gasteiger partial charge on any atom is 0.310 e. The van der Waals surface area contributed by atoms with Gasteiger partial charge in [0, 0.05) is 11.3 Å². The molecule has 4 heteroatoms. The lowest BCUT2D eigenvalue weighted by atomic mass is 9.90. The van der Waals surface area contributed by atoms with Gasteiger partial charge >= 0.3 is 5.97 Å². The molecule has 0 spiro atoms. The number of carboxylic acids is 1. The number of benzene rings is 2. The molecule has 2 aromatic carbocycles. The number of aliphatic carboxylic acids is 1. The van der Waals surface area contributed by atoms with Crippen LogP contribution in [0.4, 0.5) is 5.69 Å². The molecule has 1 atom stereocenters. The van der Waals surface area contributed by atoms with Gasteiger partial charge in [0.1, 0.15) is 0 Å². The molecule has 1 unspecified atom stereocenters. The fourth-order valence-electron chi connectivity index (χ4n) is 3.11. The van der Waals surface area contributed by atoms with Gasteiger partial charge in [0.25, 0.3) is 5.91 Å². The number of fused-ring (bicyclic) bond motifs is 1. The van der Waals surface area contributed by atoms with Crippen molar-refractivity contribution in [2.24, 2.45) is 0 Å². The van der Waals surface area contributed by atoms with E-state index in [9.17, 15) is 9.59 Å². The largest absolute Gasteiger partial charge is 0.481 e. The quantitative estimate of drug-likeness (QED) is 0.893. The Balaban J connectivity index is 1.77. The van der Waals surface area contributed by atoms with Gasteiger partial charge in [0.15, 0.2) is 0 Å². The van der Waals surface area contributed by atoms with Crippen molar-refractivity contribution in [3.05, 3.63) is 64.7 Å². The monoisotopic (exact) mass is 323 g/mol. The Morgan fingerprint density at radius 2 is 1.79 bits per heavy atom. The summed E-state index contributed by atoms with van der Waals surface area (Å²) in [6, 6.07) is 12.9. The topological polar surface area (TPSA) is 66.4 Å². The molecule has 0 aliphatic heterocycles. The molecular formula is C20H21NO3. The van der Waals surface area contributed by atoms with Crippen LogP contribution in [0.15, 0.2) is 42.5 Å². The molecule has 0 saturated heterocycles. The van der Waals surface area contributed by atoms with E-state index in [4.69, 9.17) is 5.11 Å². The van der Waals surface area contributed by atoms with Crippen LogP contribution in [-0.4, -0.2) is 17.0 Å². The Kier molecular flexibility index (Phi) is 4.65. The maximum absolute atomic E-state index is 12.5. The second-order valence-electron chi connectivity index (χ2n) is 6.33. The summed E-state index contributed by atoms with van der Waals surface area (Å²) in [7, 11) is 0. The highest BCUT2D eigenvalue weighted by molar-refractivity contribution is 6.04. The first-order valence-electron chi connectivity index (χ1n) is 8.30. The summed E-state index contributed by atoms with van der Waals surface area (Å²) < 4.78 is 0. The van der Waals surface area contributed by atoms with Crippen LogP contribution in [0.2, 0.25) is 0 Å².